The molecule has 4 heterocycles. The lowest BCUT2D eigenvalue weighted by molar-refractivity contribution is -0.132. The van der Waals surface area contributed by atoms with E-state index in [0.717, 1.165) is 30.6 Å². The Hall–Kier alpha value is -4.17. The third kappa shape index (κ3) is 7.20. The van der Waals surface area contributed by atoms with Crippen molar-refractivity contribution in [1.29, 1.82) is 0 Å². The molecule has 0 atom stereocenters. The van der Waals surface area contributed by atoms with E-state index >= 15 is 0 Å². The molecule has 11 nitrogen and oxygen atoms in total. The first-order valence-electron chi connectivity index (χ1n) is 12.8. The molecule has 0 bridgehead atoms. The number of H-pyrrole nitrogens is 1. The summed E-state index contributed by atoms with van der Waals surface area (Å²) in [6, 6.07) is 7.52. The quantitative estimate of drug-likeness (QED) is 0.259. The van der Waals surface area contributed by atoms with Gasteiger partial charge in [0.25, 0.3) is 0 Å². The van der Waals surface area contributed by atoms with Gasteiger partial charge in [0.2, 0.25) is 11.6 Å². The smallest absolute Gasteiger partial charge is 0.231 e. The van der Waals surface area contributed by atoms with Gasteiger partial charge in [0.05, 0.1) is 12.8 Å². The van der Waals surface area contributed by atoms with Crippen molar-refractivity contribution in [1.82, 2.24) is 30.0 Å². The van der Waals surface area contributed by atoms with Crippen LogP contribution in [0.3, 0.4) is 0 Å². The number of aryl methyl sites for hydroxylation is 1. The molecule has 11 heteroatoms. The molecule has 200 valence electrons. The Labute approximate surface area is 223 Å². The number of hydrogen-bond donors (Lipinski definition) is 3. The van der Waals surface area contributed by atoms with Gasteiger partial charge in [-0.3, -0.25) is 14.9 Å². The number of ether oxygens (including phenoxy) is 1. The van der Waals surface area contributed by atoms with Crippen LogP contribution in [0.25, 0.3) is 4.85 Å². The van der Waals surface area contributed by atoms with Gasteiger partial charge in [-0.25, -0.2) is 9.83 Å². The number of likely N-dealkylation sites (tertiary alicyclic amines) is 1. The van der Waals surface area contributed by atoms with E-state index in [2.05, 4.69) is 30.7 Å². The zero-order valence-corrected chi connectivity index (χ0v) is 22.2. The summed E-state index contributed by atoms with van der Waals surface area (Å²) < 4.78 is 5.74. The Balaban J connectivity index is 1.50. The van der Waals surface area contributed by atoms with Crippen LogP contribution in [-0.4, -0.2) is 82.8 Å². The van der Waals surface area contributed by atoms with Crippen LogP contribution in [0, 0.1) is 13.5 Å². The fourth-order valence-corrected chi connectivity index (χ4v) is 4.48. The number of rotatable bonds is 11. The first-order valence-corrected chi connectivity index (χ1v) is 12.8. The standard InChI is InChI=1S/C27H35N9O2/c1-19-16-24(34-33-19)31-23-17-22(20-7-13-36(14-8-20)25(37)9-12-35(3)4)26(28-2)27(32-23)30-11-15-38-21-6-5-10-29-18-21/h5-6,10,16-18,20H,7-9,11-15H2,1,3-4H3,(H3,30,31,32,33,34). The zero-order chi connectivity index (χ0) is 26.9. The van der Waals surface area contributed by atoms with E-state index in [4.69, 9.17) is 16.3 Å². The van der Waals surface area contributed by atoms with E-state index in [-0.39, 0.29) is 11.8 Å². The minimum atomic E-state index is 0.147. The maximum absolute atomic E-state index is 12.6. The number of pyridine rings is 2. The third-order valence-corrected chi connectivity index (χ3v) is 6.45. The van der Waals surface area contributed by atoms with Crippen LogP contribution in [0.1, 0.15) is 36.4 Å². The Kier molecular flexibility index (Phi) is 9.11. The molecule has 0 unspecified atom stereocenters. The Morgan fingerprint density at radius 1 is 1.29 bits per heavy atom. The Bertz CT molecular complexity index is 1250. The van der Waals surface area contributed by atoms with Crippen LogP contribution < -0.4 is 15.4 Å². The zero-order valence-electron chi connectivity index (χ0n) is 22.2. The van der Waals surface area contributed by atoms with Crippen molar-refractivity contribution in [3.63, 3.8) is 0 Å². The Morgan fingerprint density at radius 3 is 2.76 bits per heavy atom. The molecule has 0 aromatic carbocycles. The van der Waals surface area contributed by atoms with Crippen molar-refractivity contribution in [2.45, 2.75) is 32.1 Å². The van der Waals surface area contributed by atoms with Crippen molar-refractivity contribution >= 4 is 29.0 Å². The highest BCUT2D eigenvalue weighted by atomic mass is 16.5. The summed E-state index contributed by atoms with van der Waals surface area (Å²) in [5, 5.41) is 13.7. The molecular formula is C27H35N9O2. The van der Waals surface area contributed by atoms with Crippen molar-refractivity contribution in [3.8, 4) is 5.75 Å². The number of carbonyl (C=O) groups is 1. The molecule has 0 radical (unpaired) electrons. The largest absolute Gasteiger partial charge is 0.490 e. The van der Waals surface area contributed by atoms with Crippen molar-refractivity contribution < 1.29 is 9.53 Å². The first-order chi connectivity index (χ1) is 18.4. The van der Waals surface area contributed by atoms with Crippen molar-refractivity contribution in [2.24, 2.45) is 0 Å². The minimum absolute atomic E-state index is 0.147. The van der Waals surface area contributed by atoms with E-state index in [1.54, 1.807) is 12.4 Å². The molecule has 38 heavy (non-hydrogen) atoms. The second-order valence-electron chi connectivity index (χ2n) is 9.64. The summed E-state index contributed by atoms with van der Waals surface area (Å²) in [6.45, 7) is 12.8. The molecule has 4 rings (SSSR count). The lowest BCUT2D eigenvalue weighted by Crippen LogP contribution is -2.39. The molecule has 1 aliphatic heterocycles. The van der Waals surface area contributed by atoms with Crippen LogP contribution in [-0.2, 0) is 4.79 Å². The molecule has 0 spiro atoms. The van der Waals surface area contributed by atoms with Gasteiger partial charge in [-0.15, -0.1) is 0 Å². The molecule has 1 saturated heterocycles. The number of aromatic nitrogens is 4. The molecule has 0 aliphatic carbocycles. The lowest BCUT2D eigenvalue weighted by Gasteiger charge is -2.33. The van der Waals surface area contributed by atoms with Crippen molar-refractivity contribution in [2.75, 3.05) is 57.5 Å². The van der Waals surface area contributed by atoms with Gasteiger partial charge in [0, 0.05) is 50.6 Å². The summed E-state index contributed by atoms with van der Waals surface area (Å²) in [5.74, 6) is 2.79. The number of anilines is 3. The molecule has 3 N–H and O–H groups in total. The summed E-state index contributed by atoms with van der Waals surface area (Å²) in [4.78, 5) is 29.2. The fraction of sp³-hybridized carbons (Fsp3) is 0.444. The second-order valence-corrected chi connectivity index (χ2v) is 9.64. The van der Waals surface area contributed by atoms with Crippen LogP contribution >= 0.6 is 0 Å². The average molecular weight is 518 g/mol. The van der Waals surface area contributed by atoms with Crippen LogP contribution in [0.2, 0.25) is 0 Å². The lowest BCUT2D eigenvalue weighted by atomic mass is 9.88. The number of piperidine rings is 1. The first kappa shape index (κ1) is 26.9. The highest BCUT2D eigenvalue weighted by Gasteiger charge is 2.27. The summed E-state index contributed by atoms with van der Waals surface area (Å²) in [6.07, 6.45) is 5.47. The van der Waals surface area contributed by atoms with E-state index in [1.807, 2.05) is 55.1 Å². The van der Waals surface area contributed by atoms with E-state index < -0.39 is 0 Å². The topological polar surface area (TPSA) is 116 Å². The number of amides is 1. The van der Waals surface area contributed by atoms with E-state index in [0.29, 0.717) is 61.6 Å². The van der Waals surface area contributed by atoms with Crippen LogP contribution in [0.4, 0.5) is 23.1 Å². The molecule has 1 aliphatic rings. The number of nitrogens with zero attached hydrogens (tertiary/aromatic N) is 6. The van der Waals surface area contributed by atoms with Crippen molar-refractivity contribution in [3.05, 3.63) is 59.3 Å². The van der Waals surface area contributed by atoms with Gasteiger partial charge in [-0.1, -0.05) is 0 Å². The van der Waals surface area contributed by atoms with E-state index in [9.17, 15) is 4.79 Å². The predicted molar refractivity (Wildman–Crippen MR) is 147 cm³/mol. The van der Waals surface area contributed by atoms with Gasteiger partial charge in [0.1, 0.15) is 24.0 Å². The Morgan fingerprint density at radius 2 is 2.11 bits per heavy atom. The average Bonchev–Trinajstić information content (AvgIpc) is 3.34. The molecule has 0 saturated carbocycles. The van der Waals surface area contributed by atoms with E-state index in [1.165, 1.54) is 0 Å². The summed E-state index contributed by atoms with van der Waals surface area (Å²) >= 11 is 0. The number of carbonyl (C=O) groups excluding carboxylic acids is 1. The summed E-state index contributed by atoms with van der Waals surface area (Å²) in [7, 11) is 3.95. The normalized spacial score (nSPS) is 13.8. The second kappa shape index (κ2) is 12.9. The molecule has 3 aromatic heterocycles. The van der Waals surface area contributed by atoms with Gasteiger partial charge in [0.15, 0.2) is 5.82 Å². The van der Waals surface area contributed by atoms with Crippen LogP contribution in [0.5, 0.6) is 5.75 Å². The SMILES string of the molecule is [C-]#[N+]c1c(C2CCN(C(=O)CCN(C)C)CC2)cc(Nc2cc(C)[nH]n2)nc1NCCOc1cccnc1. The maximum Gasteiger partial charge on any atom is 0.231 e. The predicted octanol–water partition coefficient (Wildman–Crippen LogP) is 3.95. The minimum Gasteiger partial charge on any atom is -0.490 e. The number of hydrogen-bond acceptors (Lipinski definition) is 8. The molecule has 3 aromatic rings. The van der Waals surface area contributed by atoms with Gasteiger partial charge in [-0.2, -0.15) is 5.10 Å². The van der Waals surface area contributed by atoms with Gasteiger partial charge in [-0.05, 0) is 63.5 Å². The van der Waals surface area contributed by atoms with Gasteiger partial charge < -0.3 is 25.2 Å². The summed E-state index contributed by atoms with van der Waals surface area (Å²) in [5.41, 5.74) is 2.37. The number of nitrogens with one attached hydrogen (secondary N) is 3. The van der Waals surface area contributed by atoms with Crippen LogP contribution in [0.15, 0.2) is 36.7 Å². The highest BCUT2D eigenvalue weighted by molar-refractivity contribution is 5.77. The highest BCUT2D eigenvalue weighted by Crippen LogP contribution is 2.40. The molecule has 1 fully saturated rings. The molecular weight excluding hydrogens is 482 g/mol. The third-order valence-electron chi connectivity index (χ3n) is 6.45. The maximum atomic E-state index is 12.6. The number of aromatic amines is 1. The monoisotopic (exact) mass is 517 g/mol. The van der Waals surface area contributed by atoms with Gasteiger partial charge >= 0.3 is 0 Å². The fourth-order valence-electron chi connectivity index (χ4n) is 4.48. The molecule has 1 amide bonds.